The lowest BCUT2D eigenvalue weighted by Gasteiger charge is -2.19. The van der Waals surface area contributed by atoms with Crippen molar-refractivity contribution in [1.29, 1.82) is 0 Å². The molecule has 0 aliphatic carbocycles. The number of rotatable bonds is 8. The Labute approximate surface area is 163 Å². The number of aromatic nitrogens is 2. The molecule has 8 heteroatoms. The van der Waals surface area contributed by atoms with E-state index < -0.39 is 0 Å². The number of aliphatic hydroxyl groups is 1. The van der Waals surface area contributed by atoms with Gasteiger partial charge in [0.15, 0.2) is 23.1 Å². The van der Waals surface area contributed by atoms with Gasteiger partial charge < -0.3 is 30.4 Å². The molecular formula is C20H24N4O4. The standard InChI is InChI=1S/C20H24N4O4/c1-12(10-25)11-28-18-16(8-13(26-2)9-17(18)27-3)24-20-19(21)22-14-6-4-5-7-15(14)23-20/h4-9,12,25H,10-11H2,1-3H3,(H2,21,22)(H,23,24). The van der Waals surface area contributed by atoms with Gasteiger partial charge in [0.1, 0.15) is 5.75 Å². The number of methoxy groups -OCH3 is 2. The number of nitrogens with one attached hydrogen (secondary N) is 1. The Morgan fingerprint density at radius 1 is 1.11 bits per heavy atom. The summed E-state index contributed by atoms with van der Waals surface area (Å²) in [6.07, 6.45) is 0. The summed E-state index contributed by atoms with van der Waals surface area (Å²) in [5.41, 5.74) is 8.09. The molecule has 0 saturated heterocycles. The molecule has 0 bridgehead atoms. The van der Waals surface area contributed by atoms with E-state index in [9.17, 15) is 5.11 Å². The fraction of sp³-hybridized carbons (Fsp3) is 0.300. The van der Waals surface area contributed by atoms with Gasteiger partial charge in [-0.05, 0) is 12.1 Å². The second-order valence-electron chi connectivity index (χ2n) is 6.38. The summed E-state index contributed by atoms with van der Waals surface area (Å²) in [6, 6.07) is 11.0. The quantitative estimate of drug-likeness (QED) is 0.543. The lowest BCUT2D eigenvalue weighted by atomic mass is 10.2. The summed E-state index contributed by atoms with van der Waals surface area (Å²) in [4.78, 5) is 8.95. The van der Waals surface area contributed by atoms with Crippen LogP contribution in [-0.2, 0) is 0 Å². The highest BCUT2D eigenvalue weighted by Gasteiger charge is 2.17. The number of aliphatic hydroxyl groups excluding tert-OH is 1. The molecule has 3 aromatic rings. The maximum Gasteiger partial charge on any atom is 0.184 e. The zero-order valence-corrected chi connectivity index (χ0v) is 16.1. The van der Waals surface area contributed by atoms with Gasteiger partial charge in [0.05, 0.1) is 37.5 Å². The number of hydrogen-bond acceptors (Lipinski definition) is 8. The molecule has 1 heterocycles. The summed E-state index contributed by atoms with van der Waals surface area (Å²) >= 11 is 0. The van der Waals surface area contributed by atoms with Crippen LogP contribution in [0.5, 0.6) is 17.2 Å². The molecule has 0 aliphatic rings. The van der Waals surface area contributed by atoms with Gasteiger partial charge in [0.2, 0.25) is 0 Å². The van der Waals surface area contributed by atoms with Crippen LogP contribution in [0.2, 0.25) is 0 Å². The van der Waals surface area contributed by atoms with E-state index in [2.05, 4.69) is 15.3 Å². The number of hydrogen-bond donors (Lipinski definition) is 3. The molecular weight excluding hydrogens is 360 g/mol. The largest absolute Gasteiger partial charge is 0.497 e. The Kier molecular flexibility index (Phi) is 6.00. The third-order valence-corrected chi connectivity index (χ3v) is 4.16. The topological polar surface area (TPSA) is 112 Å². The van der Waals surface area contributed by atoms with Gasteiger partial charge in [0, 0.05) is 24.7 Å². The van der Waals surface area contributed by atoms with Crippen LogP contribution < -0.4 is 25.3 Å². The summed E-state index contributed by atoms with van der Waals surface area (Å²) in [6.45, 7) is 2.22. The summed E-state index contributed by atoms with van der Waals surface area (Å²) < 4.78 is 16.7. The van der Waals surface area contributed by atoms with Crippen molar-refractivity contribution in [2.24, 2.45) is 5.92 Å². The van der Waals surface area contributed by atoms with Crippen molar-refractivity contribution in [3.8, 4) is 17.2 Å². The average molecular weight is 384 g/mol. The van der Waals surface area contributed by atoms with Crippen molar-refractivity contribution in [1.82, 2.24) is 9.97 Å². The Hall–Kier alpha value is -3.26. The molecule has 3 rings (SSSR count). The van der Waals surface area contributed by atoms with Crippen LogP contribution in [0.1, 0.15) is 6.92 Å². The number of nitrogen functional groups attached to an aromatic ring is 1. The third-order valence-electron chi connectivity index (χ3n) is 4.16. The fourth-order valence-corrected chi connectivity index (χ4v) is 2.60. The van der Waals surface area contributed by atoms with Crippen molar-refractivity contribution in [3.63, 3.8) is 0 Å². The van der Waals surface area contributed by atoms with E-state index in [4.69, 9.17) is 19.9 Å². The van der Waals surface area contributed by atoms with Gasteiger partial charge in [-0.2, -0.15) is 0 Å². The molecule has 8 nitrogen and oxygen atoms in total. The second kappa shape index (κ2) is 8.62. The number of para-hydroxylation sites is 2. The Bertz CT molecular complexity index is 964. The maximum absolute atomic E-state index is 9.28. The van der Waals surface area contributed by atoms with E-state index in [-0.39, 0.29) is 18.3 Å². The summed E-state index contributed by atoms with van der Waals surface area (Å²) in [5, 5.41) is 12.5. The number of anilines is 3. The lowest BCUT2D eigenvalue weighted by Crippen LogP contribution is -2.13. The molecule has 0 fully saturated rings. The first-order chi connectivity index (χ1) is 13.5. The zero-order valence-electron chi connectivity index (χ0n) is 16.1. The molecule has 2 aromatic carbocycles. The summed E-state index contributed by atoms with van der Waals surface area (Å²) in [7, 11) is 3.11. The molecule has 0 aliphatic heterocycles. The molecule has 4 N–H and O–H groups in total. The first-order valence-corrected chi connectivity index (χ1v) is 8.84. The fourth-order valence-electron chi connectivity index (χ4n) is 2.60. The third kappa shape index (κ3) is 4.17. The van der Waals surface area contributed by atoms with E-state index in [1.54, 1.807) is 26.4 Å². The highest BCUT2D eigenvalue weighted by molar-refractivity contribution is 5.82. The zero-order chi connectivity index (χ0) is 20.1. The van der Waals surface area contributed by atoms with Crippen molar-refractivity contribution in [3.05, 3.63) is 36.4 Å². The van der Waals surface area contributed by atoms with Gasteiger partial charge in [-0.3, -0.25) is 0 Å². The molecule has 0 spiro atoms. The van der Waals surface area contributed by atoms with E-state index >= 15 is 0 Å². The van der Waals surface area contributed by atoms with Crippen molar-refractivity contribution >= 4 is 28.4 Å². The van der Waals surface area contributed by atoms with Crippen molar-refractivity contribution < 1.29 is 19.3 Å². The first kappa shape index (κ1) is 19.5. The maximum atomic E-state index is 9.28. The molecule has 1 unspecified atom stereocenters. The molecule has 0 radical (unpaired) electrons. The first-order valence-electron chi connectivity index (χ1n) is 8.84. The van der Waals surface area contributed by atoms with Crippen LogP contribution in [0.3, 0.4) is 0 Å². The van der Waals surface area contributed by atoms with Crippen molar-refractivity contribution in [2.45, 2.75) is 6.92 Å². The summed E-state index contributed by atoms with van der Waals surface area (Å²) in [5.74, 6) is 2.15. The van der Waals surface area contributed by atoms with Crippen LogP contribution in [0, 0.1) is 5.92 Å². The van der Waals surface area contributed by atoms with Gasteiger partial charge in [-0.25, -0.2) is 9.97 Å². The predicted octanol–water partition coefficient (Wildman–Crippen LogP) is 2.98. The highest BCUT2D eigenvalue weighted by atomic mass is 16.5. The molecule has 28 heavy (non-hydrogen) atoms. The molecule has 1 aromatic heterocycles. The Balaban J connectivity index is 2.02. The van der Waals surface area contributed by atoms with Crippen LogP contribution in [0.4, 0.5) is 17.3 Å². The SMILES string of the molecule is COc1cc(Nc2nc3ccccc3nc2N)c(OCC(C)CO)c(OC)c1. The predicted molar refractivity (Wildman–Crippen MR) is 109 cm³/mol. The smallest absolute Gasteiger partial charge is 0.184 e. The monoisotopic (exact) mass is 384 g/mol. The number of fused-ring (bicyclic) bond motifs is 1. The molecule has 0 amide bonds. The lowest BCUT2D eigenvalue weighted by molar-refractivity contribution is 0.171. The van der Waals surface area contributed by atoms with Crippen LogP contribution in [0.25, 0.3) is 11.0 Å². The average Bonchev–Trinajstić information content (AvgIpc) is 2.72. The van der Waals surface area contributed by atoms with E-state index in [0.717, 1.165) is 0 Å². The minimum Gasteiger partial charge on any atom is -0.497 e. The Morgan fingerprint density at radius 3 is 2.46 bits per heavy atom. The normalized spacial score (nSPS) is 11.9. The molecule has 0 saturated carbocycles. The minimum absolute atomic E-state index is 0.0182. The van der Waals surface area contributed by atoms with E-state index in [1.165, 1.54) is 0 Å². The molecule has 1 atom stereocenters. The van der Waals surface area contributed by atoms with E-state index in [1.807, 2.05) is 31.2 Å². The number of nitrogens with zero attached hydrogens (tertiary/aromatic N) is 2. The van der Waals surface area contributed by atoms with Gasteiger partial charge >= 0.3 is 0 Å². The number of nitrogens with two attached hydrogens (primary N) is 1. The van der Waals surface area contributed by atoms with Gasteiger partial charge in [-0.15, -0.1) is 0 Å². The molecule has 148 valence electrons. The number of ether oxygens (including phenoxy) is 3. The minimum atomic E-state index is -0.0369. The van der Waals surface area contributed by atoms with Gasteiger partial charge in [0.25, 0.3) is 0 Å². The van der Waals surface area contributed by atoms with Gasteiger partial charge in [-0.1, -0.05) is 19.1 Å². The van der Waals surface area contributed by atoms with Crippen LogP contribution >= 0.6 is 0 Å². The Morgan fingerprint density at radius 2 is 1.82 bits per heavy atom. The van der Waals surface area contributed by atoms with Crippen LogP contribution in [0.15, 0.2) is 36.4 Å². The van der Waals surface area contributed by atoms with Crippen molar-refractivity contribution in [2.75, 3.05) is 38.5 Å². The van der Waals surface area contributed by atoms with Crippen LogP contribution in [-0.4, -0.2) is 42.5 Å². The highest BCUT2D eigenvalue weighted by Crippen LogP contribution is 2.41. The second-order valence-corrected chi connectivity index (χ2v) is 6.38. The van der Waals surface area contributed by atoms with E-state index in [0.29, 0.717) is 46.4 Å². The number of benzene rings is 2.